The third kappa shape index (κ3) is 12.8. The molecule has 0 unspecified atom stereocenters. The van der Waals surface area contributed by atoms with E-state index in [4.69, 9.17) is 5.39 Å². The molecule has 3 nitrogen and oxygen atoms in total. The van der Waals surface area contributed by atoms with Crippen LogP contribution in [0.2, 0.25) is 0 Å². The number of rotatable bonds is 2. The summed E-state index contributed by atoms with van der Waals surface area (Å²) in [6, 6.07) is 5.64. The molecule has 1 aromatic rings. The van der Waals surface area contributed by atoms with Gasteiger partial charge in [0.15, 0.2) is 4.98 Å². The van der Waals surface area contributed by atoms with Crippen LogP contribution in [0.5, 0.6) is 0 Å². The molecule has 1 rings (SSSR count). The number of benzene rings is 1. The van der Waals surface area contributed by atoms with Gasteiger partial charge in [-0.05, 0) is 26.0 Å². The van der Waals surface area contributed by atoms with E-state index in [0.717, 1.165) is 17.8 Å². The van der Waals surface area contributed by atoms with E-state index >= 15 is 0 Å². The molecule has 0 saturated carbocycles. The van der Waals surface area contributed by atoms with E-state index in [-0.39, 0.29) is 0 Å². The van der Waals surface area contributed by atoms with Crippen molar-refractivity contribution in [2.24, 2.45) is 0 Å². The molecule has 0 fully saturated rings. The van der Waals surface area contributed by atoms with Crippen LogP contribution in [0.15, 0.2) is 18.2 Å². The zero-order valence-corrected chi connectivity index (χ0v) is 11.9. The zero-order valence-electron chi connectivity index (χ0n) is 10.0. The van der Waals surface area contributed by atoms with Crippen molar-refractivity contribution >= 4 is 25.5 Å². The van der Waals surface area contributed by atoms with Gasteiger partial charge in [-0.25, -0.2) is 0 Å². The molecule has 0 amide bonds. The van der Waals surface area contributed by atoms with E-state index in [9.17, 15) is 20.8 Å². The van der Waals surface area contributed by atoms with Crippen LogP contribution in [-0.2, 0) is 0 Å². The summed E-state index contributed by atoms with van der Waals surface area (Å²) >= 11 is -11.1. The SMILES string of the molecule is CCNc1ccc([N+]#N)c(C)c1.F[As-](F)(F)(F)(F)F. The predicted molar refractivity (Wildman–Crippen MR) is 62.5 cm³/mol. The van der Waals surface area contributed by atoms with E-state index in [1.54, 1.807) is 6.07 Å². The number of nitrogens with zero attached hydrogens (tertiary/aromatic N) is 2. The van der Waals surface area contributed by atoms with Gasteiger partial charge in [-0.2, -0.15) is 0 Å². The van der Waals surface area contributed by atoms with Gasteiger partial charge < -0.3 is 5.32 Å². The molecule has 0 aliphatic rings. The van der Waals surface area contributed by atoms with Gasteiger partial charge in [0, 0.05) is 23.9 Å². The number of aryl methyl sites for hydroxylation is 1. The minimum absolute atomic E-state index is 0.622. The van der Waals surface area contributed by atoms with Crippen LogP contribution in [0, 0.1) is 12.3 Å². The predicted octanol–water partition coefficient (Wildman–Crippen LogP) is 5.05. The number of hydrogen-bond donors (Lipinski definition) is 1. The van der Waals surface area contributed by atoms with Crippen LogP contribution in [0.3, 0.4) is 0 Å². The van der Waals surface area contributed by atoms with E-state index in [0.29, 0.717) is 5.69 Å². The fraction of sp³-hybridized carbons (Fsp3) is 0.333. The molecule has 1 aromatic carbocycles. The number of nitrogens with one attached hydrogen (secondary N) is 1. The first-order valence-electron chi connectivity index (χ1n) is 4.99. The van der Waals surface area contributed by atoms with Crippen molar-refractivity contribution in [2.45, 2.75) is 13.8 Å². The number of anilines is 1. The second kappa shape index (κ2) is 4.93. The Morgan fingerprint density at radius 1 is 1.16 bits per heavy atom. The van der Waals surface area contributed by atoms with Crippen LogP contribution in [0.4, 0.5) is 32.2 Å². The molecular formula is C9H12AsF6N3. The van der Waals surface area contributed by atoms with Crippen LogP contribution >= 0.6 is 0 Å². The van der Waals surface area contributed by atoms with E-state index in [1.807, 2.05) is 26.0 Å². The van der Waals surface area contributed by atoms with E-state index in [2.05, 4.69) is 10.3 Å². The molecule has 110 valence electrons. The maximum atomic E-state index is 9.91. The topological polar surface area (TPSA) is 40.2 Å². The fourth-order valence-corrected chi connectivity index (χ4v) is 1.08. The molecule has 0 radical (unpaired) electrons. The summed E-state index contributed by atoms with van der Waals surface area (Å²) in [5.74, 6) is 0. The van der Waals surface area contributed by atoms with Crippen LogP contribution in [0.25, 0.3) is 4.98 Å². The first-order chi connectivity index (χ1) is 8.22. The molecule has 0 spiro atoms. The molecule has 0 saturated heterocycles. The van der Waals surface area contributed by atoms with Gasteiger partial charge in [-0.15, -0.1) is 0 Å². The summed E-state index contributed by atoms with van der Waals surface area (Å²) in [7, 11) is 0. The van der Waals surface area contributed by atoms with Crippen molar-refractivity contribution in [3.8, 4) is 0 Å². The summed E-state index contributed by atoms with van der Waals surface area (Å²) in [5.41, 5.74) is 2.65. The Hall–Kier alpha value is -1.42. The second-order valence-electron chi connectivity index (χ2n) is 3.59. The Morgan fingerprint density at radius 2 is 1.63 bits per heavy atom. The first-order valence-corrected chi connectivity index (χ1v) is 9.24. The van der Waals surface area contributed by atoms with Crippen LogP contribution < -0.4 is 5.32 Å². The molecule has 0 atom stereocenters. The van der Waals surface area contributed by atoms with Crippen molar-refractivity contribution in [1.82, 2.24) is 0 Å². The van der Waals surface area contributed by atoms with Gasteiger partial charge in [-0.3, -0.25) is 0 Å². The van der Waals surface area contributed by atoms with Crippen LogP contribution in [0.1, 0.15) is 12.5 Å². The Bertz CT molecular complexity index is 479. The Morgan fingerprint density at radius 3 is 1.95 bits per heavy atom. The van der Waals surface area contributed by atoms with Gasteiger partial charge >= 0.3 is 40.7 Å². The van der Waals surface area contributed by atoms with Gasteiger partial charge in [0.05, 0.1) is 0 Å². The third-order valence-corrected chi connectivity index (χ3v) is 1.69. The molecule has 0 aliphatic carbocycles. The van der Waals surface area contributed by atoms with Crippen molar-refractivity contribution in [1.29, 1.82) is 5.39 Å². The first kappa shape index (κ1) is 17.6. The van der Waals surface area contributed by atoms with E-state index < -0.39 is 14.2 Å². The van der Waals surface area contributed by atoms with Crippen LogP contribution in [-0.4, -0.2) is 20.7 Å². The number of diazo groups is 1. The minimum atomic E-state index is -11.1. The zero-order chi connectivity index (χ0) is 15.4. The summed E-state index contributed by atoms with van der Waals surface area (Å²) in [5, 5.41) is 11.7. The number of halogens is 6. The summed E-state index contributed by atoms with van der Waals surface area (Å²) < 4.78 is 59.4. The van der Waals surface area contributed by atoms with E-state index in [1.165, 1.54) is 0 Å². The molecule has 1 N–H and O–H groups in total. The molecular weight excluding hydrogens is 339 g/mol. The fourth-order valence-electron chi connectivity index (χ4n) is 1.08. The molecule has 0 heterocycles. The Kier molecular flexibility index (Phi) is 4.56. The van der Waals surface area contributed by atoms with Crippen molar-refractivity contribution < 1.29 is 20.8 Å². The summed E-state index contributed by atoms with van der Waals surface area (Å²) in [6.45, 7) is 4.85. The average Bonchev–Trinajstić information content (AvgIpc) is 2.13. The van der Waals surface area contributed by atoms with Crippen molar-refractivity contribution in [2.75, 3.05) is 11.9 Å². The molecule has 10 heteroatoms. The summed E-state index contributed by atoms with van der Waals surface area (Å²) in [6.07, 6.45) is 0. The molecule has 0 aromatic heterocycles. The van der Waals surface area contributed by atoms with Gasteiger partial charge in [0.25, 0.3) is 0 Å². The monoisotopic (exact) mass is 351 g/mol. The second-order valence-corrected chi connectivity index (χ2v) is 7.61. The standard InChI is InChI=1S/C9H12N3.AsF6/c1-3-11-8-4-5-9(12-10)7(2)6-8;2-1(3,4,5,6)7/h4-6,11H,3H2,1-2H3;/q+1;-1. The van der Waals surface area contributed by atoms with Gasteiger partial charge in [-0.1, -0.05) is 0 Å². The maximum absolute atomic E-state index is 11.1. The van der Waals surface area contributed by atoms with Crippen molar-refractivity contribution in [3.05, 3.63) is 28.7 Å². The Balaban J connectivity index is 0.000000399. The average molecular weight is 351 g/mol. The normalized spacial score (nSPS) is 14.3. The molecule has 19 heavy (non-hydrogen) atoms. The molecule has 0 aliphatic heterocycles. The quantitative estimate of drug-likeness (QED) is 0.460. The van der Waals surface area contributed by atoms with Gasteiger partial charge in [0.1, 0.15) is 0 Å². The third-order valence-electron chi connectivity index (χ3n) is 1.69. The Labute approximate surface area is 107 Å². The van der Waals surface area contributed by atoms with Gasteiger partial charge in [0.2, 0.25) is 5.39 Å². The number of hydrogen-bond acceptors (Lipinski definition) is 2. The molecule has 0 bridgehead atoms. The summed E-state index contributed by atoms with van der Waals surface area (Å²) in [4.78, 5) is 3.14. The van der Waals surface area contributed by atoms with Crippen molar-refractivity contribution in [3.63, 3.8) is 0 Å².